The molecule has 1 aromatic heterocycles. The minimum atomic E-state index is -0.120. The minimum Gasteiger partial charge on any atom is -0.494 e. The summed E-state index contributed by atoms with van der Waals surface area (Å²) in [4.78, 5) is 19.5. The third kappa shape index (κ3) is 3.34. The zero-order chi connectivity index (χ0) is 16.2. The van der Waals surface area contributed by atoms with Crippen LogP contribution in [0.25, 0.3) is 10.9 Å². The SMILES string of the molecule is CCOc1ccc(N[C@@H](C)c2nc3ccccc3c(=O)[nH]2)cc1. The second-order valence-electron chi connectivity index (χ2n) is 5.29. The Balaban J connectivity index is 1.82. The van der Waals surface area contributed by atoms with Crippen LogP contribution in [0.2, 0.25) is 0 Å². The van der Waals surface area contributed by atoms with Gasteiger partial charge in [-0.15, -0.1) is 0 Å². The van der Waals surface area contributed by atoms with Crippen molar-refractivity contribution in [1.82, 2.24) is 9.97 Å². The second-order valence-corrected chi connectivity index (χ2v) is 5.29. The number of hydrogen-bond acceptors (Lipinski definition) is 4. The van der Waals surface area contributed by atoms with Gasteiger partial charge >= 0.3 is 0 Å². The summed E-state index contributed by atoms with van der Waals surface area (Å²) in [5.41, 5.74) is 1.52. The Morgan fingerprint density at radius 2 is 1.91 bits per heavy atom. The van der Waals surface area contributed by atoms with E-state index in [0.29, 0.717) is 23.3 Å². The fourth-order valence-corrected chi connectivity index (χ4v) is 2.44. The van der Waals surface area contributed by atoms with Crippen LogP contribution in [0.5, 0.6) is 5.75 Å². The van der Waals surface area contributed by atoms with Gasteiger partial charge in [0.05, 0.1) is 23.6 Å². The Bertz CT molecular complexity index is 856. The first-order chi connectivity index (χ1) is 11.2. The molecule has 5 nitrogen and oxygen atoms in total. The van der Waals surface area contributed by atoms with Gasteiger partial charge in [-0.05, 0) is 50.2 Å². The number of anilines is 1. The molecule has 5 heteroatoms. The van der Waals surface area contributed by atoms with Crippen LogP contribution in [0.4, 0.5) is 5.69 Å². The van der Waals surface area contributed by atoms with Crippen molar-refractivity contribution in [3.63, 3.8) is 0 Å². The number of benzene rings is 2. The van der Waals surface area contributed by atoms with Crippen LogP contribution in [0.3, 0.4) is 0 Å². The van der Waals surface area contributed by atoms with Gasteiger partial charge in [0.2, 0.25) is 0 Å². The van der Waals surface area contributed by atoms with Gasteiger partial charge < -0.3 is 15.0 Å². The summed E-state index contributed by atoms with van der Waals surface area (Å²) >= 11 is 0. The standard InChI is InChI=1S/C18H19N3O2/c1-3-23-14-10-8-13(9-11-14)19-12(2)17-20-16-7-5-4-6-15(16)18(22)21-17/h4-12,19H,3H2,1-2H3,(H,20,21,22)/t12-/m0/s1. The lowest BCUT2D eigenvalue weighted by molar-refractivity contribution is 0.340. The summed E-state index contributed by atoms with van der Waals surface area (Å²) in [5, 5.41) is 3.93. The molecule has 0 aliphatic rings. The molecule has 0 aliphatic carbocycles. The number of nitrogens with one attached hydrogen (secondary N) is 2. The maximum atomic E-state index is 12.1. The van der Waals surface area contributed by atoms with Crippen LogP contribution in [-0.2, 0) is 0 Å². The Labute approximate surface area is 134 Å². The van der Waals surface area contributed by atoms with Gasteiger partial charge in [0.15, 0.2) is 0 Å². The van der Waals surface area contributed by atoms with E-state index in [1.54, 1.807) is 6.07 Å². The first-order valence-electron chi connectivity index (χ1n) is 7.65. The number of aromatic nitrogens is 2. The molecule has 3 aromatic rings. The Morgan fingerprint density at radius 1 is 1.17 bits per heavy atom. The van der Waals surface area contributed by atoms with E-state index in [4.69, 9.17) is 4.74 Å². The molecule has 3 rings (SSSR count). The van der Waals surface area contributed by atoms with Crippen molar-refractivity contribution in [2.24, 2.45) is 0 Å². The summed E-state index contributed by atoms with van der Waals surface area (Å²) in [6.07, 6.45) is 0. The lowest BCUT2D eigenvalue weighted by Gasteiger charge is -2.15. The molecule has 0 bridgehead atoms. The fraction of sp³-hybridized carbons (Fsp3) is 0.222. The number of aromatic amines is 1. The molecule has 1 heterocycles. The van der Waals surface area contributed by atoms with Crippen LogP contribution in [-0.4, -0.2) is 16.6 Å². The normalized spacial score (nSPS) is 12.1. The van der Waals surface area contributed by atoms with Crippen LogP contribution >= 0.6 is 0 Å². The van der Waals surface area contributed by atoms with E-state index in [-0.39, 0.29) is 11.6 Å². The molecule has 0 aliphatic heterocycles. The quantitative estimate of drug-likeness (QED) is 0.757. The minimum absolute atomic E-state index is 0.119. The summed E-state index contributed by atoms with van der Waals surface area (Å²) in [6.45, 7) is 4.56. The zero-order valence-corrected chi connectivity index (χ0v) is 13.2. The van der Waals surface area contributed by atoms with E-state index in [0.717, 1.165) is 11.4 Å². The fourth-order valence-electron chi connectivity index (χ4n) is 2.44. The molecule has 0 unspecified atom stereocenters. The molecule has 0 saturated heterocycles. The molecule has 23 heavy (non-hydrogen) atoms. The monoisotopic (exact) mass is 309 g/mol. The van der Waals surface area contributed by atoms with Crippen molar-refractivity contribution >= 4 is 16.6 Å². The van der Waals surface area contributed by atoms with Gasteiger partial charge in [-0.25, -0.2) is 4.98 Å². The van der Waals surface area contributed by atoms with Crippen LogP contribution in [0.15, 0.2) is 53.3 Å². The molecular formula is C18H19N3O2. The van der Waals surface area contributed by atoms with Crippen LogP contribution < -0.4 is 15.6 Å². The first-order valence-corrected chi connectivity index (χ1v) is 7.65. The Hall–Kier alpha value is -2.82. The topological polar surface area (TPSA) is 67.0 Å². The van der Waals surface area contributed by atoms with Gasteiger partial charge in [-0.2, -0.15) is 0 Å². The molecular weight excluding hydrogens is 290 g/mol. The van der Waals surface area contributed by atoms with E-state index in [9.17, 15) is 4.79 Å². The van der Waals surface area contributed by atoms with Gasteiger partial charge in [-0.3, -0.25) is 4.79 Å². The Morgan fingerprint density at radius 3 is 2.65 bits per heavy atom. The third-order valence-corrected chi connectivity index (χ3v) is 3.59. The Kier molecular flexibility index (Phi) is 4.28. The molecule has 2 aromatic carbocycles. The summed E-state index contributed by atoms with van der Waals surface area (Å²) in [6, 6.07) is 14.9. The number of hydrogen-bond donors (Lipinski definition) is 2. The number of rotatable bonds is 5. The maximum Gasteiger partial charge on any atom is 0.258 e. The molecule has 2 N–H and O–H groups in total. The van der Waals surface area contributed by atoms with Gasteiger partial charge in [-0.1, -0.05) is 12.1 Å². The average Bonchev–Trinajstić information content (AvgIpc) is 2.57. The summed E-state index contributed by atoms with van der Waals surface area (Å²) in [7, 11) is 0. The van der Waals surface area contributed by atoms with E-state index in [2.05, 4.69) is 15.3 Å². The number of ether oxygens (including phenoxy) is 1. The third-order valence-electron chi connectivity index (χ3n) is 3.59. The van der Waals surface area contributed by atoms with E-state index < -0.39 is 0 Å². The van der Waals surface area contributed by atoms with Gasteiger partial charge in [0.1, 0.15) is 11.6 Å². The maximum absolute atomic E-state index is 12.1. The second kappa shape index (κ2) is 6.52. The van der Waals surface area contributed by atoms with E-state index in [1.807, 2.05) is 56.3 Å². The number of para-hydroxylation sites is 1. The molecule has 118 valence electrons. The highest BCUT2D eigenvalue weighted by Gasteiger charge is 2.10. The van der Waals surface area contributed by atoms with E-state index in [1.165, 1.54) is 0 Å². The lowest BCUT2D eigenvalue weighted by Crippen LogP contribution is -2.17. The van der Waals surface area contributed by atoms with Crippen molar-refractivity contribution in [1.29, 1.82) is 0 Å². The van der Waals surface area contributed by atoms with Crippen molar-refractivity contribution < 1.29 is 4.74 Å². The number of fused-ring (bicyclic) bond motifs is 1. The van der Waals surface area contributed by atoms with Crippen molar-refractivity contribution in [3.05, 3.63) is 64.7 Å². The highest BCUT2D eigenvalue weighted by molar-refractivity contribution is 5.77. The molecule has 0 saturated carbocycles. The molecule has 0 amide bonds. The first kappa shape index (κ1) is 15.1. The predicted molar refractivity (Wildman–Crippen MR) is 92.0 cm³/mol. The van der Waals surface area contributed by atoms with Crippen molar-refractivity contribution in [2.45, 2.75) is 19.9 Å². The molecule has 0 radical (unpaired) electrons. The van der Waals surface area contributed by atoms with Crippen molar-refractivity contribution in [2.75, 3.05) is 11.9 Å². The van der Waals surface area contributed by atoms with Gasteiger partial charge in [0, 0.05) is 5.69 Å². The zero-order valence-electron chi connectivity index (χ0n) is 13.2. The van der Waals surface area contributed by atoms with E-state index >= 15 is 0 Å². The van der Waals surface area contributed by atoms with Gasteiger partial charge in [0.25, 0.3) is 5.56 Å². The number of H-pyrrole nitrogens is 1. The average molecular weight is 309 g/mol. The van der Waals surface area contributed by atoms with Crippen molar-refractivity contribution in [3.8, 4) is 5.75 Å². The highest BCUT2D eigenvalue weighted by atomic mass is 16.5. The van der Waals surface area contributed by atoms with Crippen LogP contribution in [0, 0.1) is 0 Å². The van der Waals surface area contributed by atoms with Crippen LogP contribution in [0.1, 0.15) is 25.7 Å². The summed E-state index contributed by atoms with van der Waals surface area (Å²) in [5.74, 6) is 1.45. The summed E-state index contributed by atoms with van der Waals surface area (Å²) < 4.78 is 5.43. The lowest BCUT2D eigenvalue weighted by atomic mass is 10.2. The largest absolute Gasteiger partial charge is 0.494 e. The smallest absolute Gasteiger partial charge is 0.258 e. The molecule has 0 spiro atoms. The molecule has 1 atom stereocenters. The highest BCUT2D eigenvalue weighted by Crippen LogP contribution is 2.20. The predicted octanol–water partition coefficient (Wildman–Crippen LogP) is 3.49. The molecule has 0 fully saturated rings. The number of nitrogens with zero attached hydrogens (tertiary/aromatic N) is 1.